The summed E-state index contributed by atoms with van der Waals surface area (Å²) >= 11 is 1.51. The molecule has 0 aliphatic heterocycles. The maximum absolute atomic E-state index is 12.4. The van der Waals surface area contributed by atoms with Crippen molar-refractivity contribution in [1.82, 2.24) is 10.2 Å². The van der Waals surface area contributed by atoms with Crippen LogP contribution < -0.4 is 5.32 Å². The number of aryl methyl sites for hydroxylation is 2. The van der Waals surface area contributed by atoms with Gasteiger partial charge in [-0.15, -0.1) is 11.3 Å². The second-order valence-electron chi connectivity index (χ2n) is 4.32. The van der Waals surface area contributed by atoms with Crippen LogP contribution in [0.5, 0.6) is 0 Å². The van der Waals surface area contributed by atoms with E-state index in [0.717, 1.165) is 11.3 Å². The highest BCUT2D eigenvalue weighted by molar-refractivity contribution is 7.14. The average Bonchev–Trinajstić information content (AvgIpc) is 2.76. The van der Waals surface area contributed by atoms with Crippen LogP contribution in [0.2, 0.25) is 0 Å². The first kappa shape index (κ1) is 15.7. The van der Waals surface area contributed by atoms with E-state index < -0.39 is 0 Å². The van der Waals surface area contributed by atoms with E-state index in [1.54, 1.807) is 4.90 Å². The van der Waals surface area contributed by atoms with Crippen LogP contribution in [0, 0.1) is 6.92 Å². The molecule has 0 radical (unpaired) electrons. The van der Waals surface area contributed by atoms with Crippen LogP contribution >= 0.6 is 11.3 Å². The molecule has 0 aromatic carbocycles. The summed E-state index contributed by atoms with van der Waals surface area (Å²) in [5.41, 5.74) is 1.21. The van der Waals surface area contributed by atoms with E-state index >= 15 is 0 Å². The summed E-state index contributed by atoms with van der Waals surface area (Å²) < 4.78 is 0. The zero-order chi connectivity index (χ0) is 14.4. The van der Waals surface area contributed by atoms with Gasteiger partial charge in [0.1, 0.15) is 0 Å². The van der Waals surface area contributed by atoms with Crippen molar-refractivity contribution in [2.75, 3.05) is 19.6 Å². The Bertz CT molecular complexity index is 454. The predicted molar refractivity (Wildman–Crippen MR) is 78.7 cm³/mol. The maximum atomic E-state index is 12.4. The van der Waals surface area contributed by atoms with E-state index in [4.69, 9.17) is 0 Å². The van der Waals surface area contributed by atoms with Gasteiger partial charge in [-0.1, -0.05) is 6.92 Å². The molecule has 1 aromatic heterocycles. The molecule has 106 valence electrons. The van der Waals surface area contributed by atoms with Crippen LogP contribution in [-0.2, 0) is 11.2 Å². The fourth-order valence-electron chi connectivity index (χ4n) is 1.89. The molecule has 0 spiro atoms. The van der Waals surface area contributed by atoms with Gasteiger partial charge in [0, 0.05) is 18.0 Å². The predicted octanol–water partition coefficient (Wildman–Crippen LogP) is 2.22. The van der Waals surface area contributed by atoms with Gasteiger partial charge in [-0.25, -0.2) is 0 Å². The van der Waals surface area contributed by atoms with Gasteiger partial charge in [-0.3, -0.25) is 9.59 Å². The minimum absolute atomic E-state index is 0.0541. The molecule has 0 aliphatic carbocycles. The van der Waals surface area contributed by atoms with Crippen LogP contribution in [0.25, 0.3) is 0 Å². The average molecular weight is 282 g/mol. The third-order valence-electron chi connectivity index (χ3n) is 2.99. The van der Waals surface area contributed by atoms with Crippen LogP contribution in [-0.4, -0.2) is 36.3 Å². The third-order valence-corrected chi connectivity index (χ3v) is 4.07. The number of nitrogens with zero attached hydrogens (tertiary/aromatic N) is 1. The molecule has 1 N–H and O–H groups in total. The highest BCUT2D eigenvalue weighted by atomic mass is 32.1. The Kier molecular flexibility index (Phi) is 6.02. The molecule has 19 heavy (non-hydrogen) atoms. The van der Waals surface area contributed by atoms with E-state index in [2.05, 4.69) is 12.2 Å². The number of amides is 2. The molecule has 0 unspecified atom stereocenters. The largest absolute Gasteiger partial charge is 0.355 e. The van der Waals surface area contributed by atoms with Gasteiger partial charge in [0.15, 0.2) is 0 Å². The smallest absolute Gasteiger partial charge is 0.264 e. The molecule has 0 saturated heterocycles. The minimum atomic E-state index is -0.110. The molecule has 0 bridgehead atoms. The zero-order valence-electron chi connectivity index (χ0n) is 12.1. The molecule has 4 nitrogen and oxygen atoms in total. The number of thiophene rings is 1. The van der Waals surface area contributed by atoms with Crippen molar-refractivity contribution >= 4 is 23.2 Å². The van der Waals surface area contributed by atoms with E-state index in [1.165, 1.54) is 21.8 Å². The standard InChI is InChI=1S/C14H22N2O2S/c1-5-11-8-12(19-10(11)4)14(18)16(7-3)9-13(17)15-6-2/h8H,5-7,9H2,1-4H3,(H,15,17). The lowest BCUT2D eigenvalue weighted by molar-refractivity contribution is -0.121. The summed E-state index contributed by atoms with van der Waals surface area (Å²) in [6.45, 7) is 9.11. The van der Waals surface area contributed by atoms with Crippen molar-refractivity contribution in [2.45, 2.75) is 34.1 Å². The minimum Gasteiger partial charge on any atom is -0.355 e. The van der Waals surface area contributed by atoms with E-state index in [1.807, 2.05) is 26.8 Å². The van der Waals surface area contributed by atoms with Gasteiger partial charge in [0.25, 0.3) is 5.91 Å². The molecule has 0 atom stereocenters. The lowest BCUT2D eigenvalue weighted by Gasteiger charge is -2.19. The van der Waals surface area contributed by atoms with Gasteiger partial charge in [0.2, 0.25) is 5.91 Å². The Labute approximate surface area is 118 Å². The number of hydrogen-bond acceptors (Lipinski definition) is 3. The van der Waals surface area contributed by atoms with Crippen molar-refractivity contribution in [3.63, 3.8) is 0 Å². The Balaban J connectivity index is 2.80. The molecular formula is C14H22N2O2S. The van der Waals surface area contributed by atoms with E-state index in [9.17, 15) is 9.59 Å². The summed E-state index contributed by atoms with van der Waals surface area (Å²) in [5, 5.41) is 2.71. The second-order valence-corrected chi connectivity index (χ2v) is 5.57. The highest BCUT2D eigenvalue weighted by Crippen LogP contribution is 2.23. The Hall–Kier alpha value is -1.36. The quantitative estimate of drug-likeness (QED) is 0.869. The number of likely N-dealkylation sites (N-methyl/N-ethyl adjacent to an activating group) is 2. The van der Waals surface area contributed by atoms with E-state index in [0.29, 0.717) is 13.1 Å². The van der Waals surface area contributed by atoms with Gasteiger partial charge >= 0.3 is 0 Å². The Morgan fingerprint density at radius 1 is 1.32 bits per heavy atom. The van der Waals surface area contributed by atoms with Crippen molar-refractivity contribution in [3.8, 4) is 0 Å². The number of hydrogen-bond donors (Lipinski definition) is 1. The summed E-state index contributed by atoms with van der Waals surface area (Å²) in [4.78, 5) is 27.4. The monoisotopic (exact) mass is 282 g/mol. The van der Waals surface area contributed by atoms with Crippen molar-refractivity contribution in [3.05, 3.63) is 21.4 Å². The first-order chi connectivity index (χ1) is 9.03. The second kappa shape index (κ2) is 7.28. The summed E-state index contributed by atoms with van der Waals surface area (Å²) in [6.07, 6.45) is 0.929. The molecule has 1 aromatic rings. The zero-order valence-corrected chi connectivity index (χ0v) is 12.9. The van der Waals surface area contributed by atoms with Crippen LogP contribution in [0.15, 0.2) is 6.07 Å². The lowest BCUT2D eigenvalue weighted by Crippen LogP contribution is -2.40. The SMILES string of the molecule is CCNC(=O)CN(CC)C(=O)c1cc(CC)c(C)s1. The first-order valence-electron chi connectivity index (χ1n) is 6.68. The third kappa shape index (κ3) is 4.06. The van der Waals surface area contributed by atoms with Crippen molar-refractivity contribution in [2.24, 2.45) is 0 Å². The lowest BCUT2D eigenvalue weighted by atomic mass is 10.2. The number of carbonyl (C=O) groups excluding carboxylic acids is 2. The van der Waals surface area contributed by atoms with Gasteiger partial charge in [-0.05, 0) is 38.8 Å². The molecule has 0 fully saturated rings. The Morgan fingerprint density at radius 2 is 2.00 bits per heavy atom. The number of nitrogens with one attached hydrogen (secondary N) is 1. The fourth-order valence-corrected chi connectivity index (χ4v) is 2.97. The number of rotatable bonds is 6. The van der Waals surface area contributed by atoms with Gasteiger partial charge in [-0.2, -0.15) is 0 Å². The highest BCUT2D eigenvalue weighted by Gasteiger charge is 2.19. The summed E-state index contributed by atoms with van der Waals surface area (Å²) in [5.74, 6) is -0.164. The van der Waals surface area contributed by atoms with Crippen molar-refractivity contribution in [1.29, 1.82) is 0 Å². The van der Waals surface area contributed by atoms with Crippen LogP contribution in [0.1, 0.15) is 40.9 Å². The van der Waals surface area contributed by atoms with Crippen LogP contribution in [0.4, 0.5) is 0 Å². The molecule has 1 heterocycles. The summed E-state index contributed by atoms with van der Waals surface area (Å²) in [6, 6.07) is 1.95. The maximum Gasteiger partial charge on any atom is 0.264 e. The Morgan fingerprint density at radius 3 is 2.47 bits per heavy atom. The normalized spacial score (nSPS) is 10.3. The number of carbonyl (C=O) groups is 2. The van der Waals surface area contributed by atoms with Crippen molar-refractivity contribution < 1.29 is 9.59 Å². The molecule has 1 rings (SSSR count). The summed E-state index contributed by atoms with van der Waals surface area (Å²) in [7, 11) is 0. The van der Waals surface area contributed by atoms with Gasteiger partial charge in [0.05, 0.1) is 11.4 Å². The topological polar surface area (TPSA) is 49.4 Å². The van der Waals surface area contributed by atoms with E-state index in [-0.39, 0.29) is 18.4 Å². The first-order valence-corrected chi connectivity index (χ1v) is 7.50. The van der Waals surface area contributed by atoms with Crippen LogP contribution in [0.3, 0.4) is 0 Å². The molecule has 0 saturated carbocycles. The molecule has 0 aliphatic rings. The molecule has 5 heteroatoms. The molecular weight excluding hydrogens is 260 g/mol. The van der Waals surface area contributed by atoms with Gasteiger partial charge < -0.3 is 10.2 Å². The fraction of sp³-hybridized carbons (Fsp3) is 0.571. The molecule has 2 amide bonds.